The molecular formula is C10H9N5OS2. The number of hydrogen-bond acceptors (Lipinski definition) is 7. The molecule has 0 spiro atoms. The van der Waals surface area contributed by atoms with Gasteiger partial charge < -0.3 is 9.09 Å². The molecule has 0 unspecified atom stereocenters. The molecule has 0 aromatic carbocycles. The van der Waals surface area contributed by atoms with E-state index in [4.69, 9.17) is 0 Å². The van der Waals surface area contributed by atoms with Crippen molar-refractivity contribution in [3.63, 3.8) is 0 Å². The zero-order chi connectivity index (χ0) is 12.4. The van der Waals surface area contributed by atoms with E-state index in [1.807, 2.05) is 29.1 Å². The highest BCUT2D eigenvalue weighted by atomic mass is 32.2. The van der Waals surface area contributed by atoms with Crippen LogP contribution in [0.15, 0.2) is 33.6 Å². The molecule has 0 saturated carbocycles. The van der Waals surface area contributed by atoms with Crippen LogP contribution in [0.4, 0.5) is 0 Å². The van der Waals surface area contributed by atoms with Gasteiger partial charge in [0.25, 0.3) is 0 Å². The standard InChI is InChI=1S/C10H9N5OS2/c1-15-9(7-3-2-4-17-7)12-13-10(15)18-5-8-11-6-16-14-8/h2-4,6H,5H2,1H3. The molecule has 18 heavy (non-hydrogen) atoms. The molecule has 0 atom stereocenters. The third-order valence-electron chi connectivity index (χ3n) is 2.31. The minimum Gasteiger partial charge on any atom is -0.343 e. The summed E-state index contributed by atoms with van der Waals surface area (Å²) in [5.41, 5.74) is 0. The first-order valence-electron chi connectivity index (χ1n) is 5.16. The van der Waals surface area contributed by atoms with E-state index in [9.17, 15) is 0 Å². The van der Waals surface area contributed by atoms with Gasteiger partial charge in [-0.05, 0) is 11.4 Å². The summed E-state index contributed by atoms with van der Waals surface area (Å²) in [5, 5.41) is 15.0. The Morgan fingerprint density at radius 2 is 2.39 bits per heavy atom. The predicted octanol–water partition coefficient (Wildman–Crippen LogP) is 2.22. The molecule has 8 heteroatoms. The van der Waals surface area contributed by atoms with Gasteiger partial charge in [0.1, 0.15) is 0 Å². The minimum atomic E-state index is 0.618. The van der Waals surface area contributed by atoms with Gasteiger partial charge in [-0.15, -0.1) is 21.5 Å². The molecule has 6 nitrogen and oxygen atoms in total. The second-order valence-electron chi connectivity index (χ2n) is 3.48. The van der Waals surface area contributed by atoms with Crippen LogP contribution >= 0.6 is 23.1 Å². The van der Waals surface area contributed by atoms with E-state index in [1.54, 1.807) is 11.3 Å². The number of thiophene rings is 1. The molecule has 0 aliphatic carbocycles. The van der Waals surface area contributed by atoms with E-state index in [0.29, 0.717) is 11.6 Å². The van der Waals surface area contributed by atoms with Crippen molar-refractivity contribution >= 4 is 23.1 Å². The summed E-state index contributed by atoms with van der Waals surface area (Å²) in [4.78, 5) is 5.07. The largest absolute Gasteiger partial charge is 0.343 e. The fourth-order valence-electron chi connectivity index (χ4n) is 1.45. The first-order chi connectivity index (χ1) is 8.84. The molecule has 3 heterocycles. The van der Waals surface area contributed by atoms with Crippen molar-refractivity contribution in [2.75, 3.05) is 0 Å². The quantitative estimate of drug-likeness (QED) is 0.682. The average molecular weight is 279 g/mol. The molecule has 0 fully saturated rings. The number of rotatable bonds is 4. The number of aromatic nitrogens is 5. The summed E-state index contributed by atoms with van der Waals surface area (Å²) in [7, 11) is 1.95. The number of thioether (sulfide) groups is 1. The minimum absolute atomic E-state index is 0.618. The zero-order valence-electron chi connectivity index (χ0n) is 9.48. The molecule has 0 aliphatic rings. The zero-order valence-corrected chi connectivity index (χ0v) is 11.1. The highest BCUT2D eigenvalue weighted by molar-refractivity contribution is 7.98. The summed E-state index contributed by atoms with van der Waals surface area (Å²) in [5.74, 6) is 2.15. The van der Waals surface area contributed by atoms with Crippen molar-refractivity contribution in [3.8, 4) is 10.7 Å². The Morgan fingerprint density at radius 1 is 1.44 bits per heavy atom. The lowest BCUT2D eigenvalue weighted by Gasteiger charge is -2.00. The second-order valence-corrected chi connectivity index (χ2v) is 5.37. The lowest BCUT2D eigenvalue weighted by atomic mass is 10.4. The Balaban J connectivity index is 1.78. The third-order valence-corrected chi connectivity index (χ3v) is 4.20. The predicted molar refractivity (Wildman–Crippen MR) is 68.2 cm³/mol. The fraction of sp³-hybridized carbons (Fsp3) is 0.200. The van der Waals surface area contributed by atoms with Crippen LogP contribution in [-0.2, 0) is 12.8 Å². The van der Waals surface area contributed by atoms with Crippen LogP contribution in [0.1, 0.15) is 5.82 Å². The van der Waals surface area contributed by atoms with E-state index < -0.39 is 0 Å². The molecule has 0 N–H and O–H groups in total. The van der Waals surface area contributed by atoms with Gasteiger partial charge in [-0.1, -0.05) is 23.0 Å². The van der Waals surface area contributed by atoms with Gasteiger partial charge in [0.15, 0.2) is 16.8 Å². The summed E-state index contributed by atoms with van der Waals surface area (Å²) < 4.78 is 6.65. The van der Waals surface area contributed by atoms with Crippen molar-refractivity contribution in [1.29, 1.82) is 0 Å². The number of hydrogen-bond donors (Lipinski definition) is 0. The maximum absolute atomic E-state index is 4.68. The van der Waals surface area contributed by atoms with Gasteiger partial charge in [-0.3, -0.25) is 0 Å². The van der Waals surface area contributed by atoms with Crippen LogP contribution in [0.2, 0.25) is 0 Å². The smallest absolute Gasteiger partial charge is 0.213 e. The Labute approximate surface area is 111 Å². The van der Waals surface area contributed by atoms with Gasteiger partial charge >= 0.3 is 0 Å². The highest BCUT2D eigenvalue weighted by Gasteiger charge is 2.12. The monoisotopic (exact) mass is 279 g/mol. The van der Waals surface area contributed by atoms with Gasteiger partial charge in [0, 0.05) is 7.05 Å². The Bertz CT molecular complexity index is 617. The molecule has 92 valence electrons. The maximum Gasteiger partial charge on any atom is 0.213 e. The Morgan fingerprint density at radius 3 is 3.11 bits per heavy atom. The van der Waals surface area contributed by atoms with Crippen LogP contribution in [0, 0.1) is 0 Å². The topological polar surface area (TPSA) is 69.6 Å². The van der Waals surface area contributed by atoms with Crippen LogP contribution in [0.5, 0.6) is 0 Å². The number of nitrogens with zero attached hydrogens (tertiary/aromatic N) is 5. The SMILES string of the molecule is Cn1c(SCc2ncon2)nnc1-c1cccs1. The molecule has 0 amide bonds. The molecule has 0 bridgehead atoms. The normalized spacial score (nSPS) is 10.9. The first-order valence-corrected chi connectivity index (χ1v) is 7.02. The van der Waals surface area contributed by atoms with Crippen molar-refractivity contribution in [3.05, 3.63) is 29.7 Å². The van der Waals surface area contributed by atoms with E-state index in [1.165, 1.54) is 18.2 Å². The van der Waals surface area contributed by atoms with Gasteiger partial charge in [-0.2, -0.15) is 4.98 Å². The van der Waals surface area contributed by atoms with Crippen LogP contribution in [0.3, 0.4) is 0 Å². The third kappa shape index (κ3) is 2.16. The summed E-state index contributed by atoms with van der Waals surface area (Å²) in [6, 6.07) is 4.03. The van der Waals surface area contributed by atoms with Crippen LogP contribution in [0.25, 0.3) is 10.7 Å². The lowest BCUT2D eigenvalue weighted by Crippen LogP contribution is -1.94. The molecule has 3 rings (SSSR count). The van der Waals surface area contributed by atoms with Crippen LogP contribution in [-0.4, -0.2) is 24.9 Å². The molecule has 3 aromatic rings. The van der Waals surface area contributed by atoms with E-state index in [2.05, 4.69) is 24.9 Å². The maximum atomic E-state index is 4.68. The summed E-state index contributed by atoms with van der Waals surface area (Å²) >= 11 is 3.18. The first kappa shape index (κ1) is 11.4. The molecule has 0 radical (unpaired) electrons. The van der Waals surface area contributed by atoms with Gasteiger partial charge in [-0.25, -0.2) is 0 Å². The van der Waals surface area contributed by atoms with Gasteiger partial charge in [0.05, 0.1) is 10.6 Å². The molecule has 0 saturated heterocycles. The second kappa shape index (κ2) is 4.91. The van der Waals surface area contributed by atoms with E-state index in [-0.39, 0.29) is 0 Å². The van der Waals surface area contributed by atoms with Crippen LogP contribution < -0.4 is 0 Å². The molecular weight excluding hydrogens is 270 g/mol. The molecule has 0 aliphatic heterocycles. The molecule has 3 aromatic heterocycles. The highest BCUT2D eigenvalue weighted by Crippen LogP contribution is 2.26. The van der Waals surface area contributed by atoms with Crippen molar-refractivity contribution < 1.29 is 4.52 Å². The Hall–Kier alpha value is -1.67. The van der Waals surface area contributed by atoms with Crippen molar-refractivity contribution in [2.24, 2.45) is 7.05 Å². The van der Waals surface area contributed by atoms with E-state index >= 15 is 0 Å². The van der Waals surface area contributed by atoms with E-state index in [0.717, 1.165) is 15.9 Å². The average Bonchev–Trinajstić information content (AvgIpc) is 3.08. The lowest BCUT2D eigenvalue weighted by molar-refractivity contribution is 0.412. The van der Waals surface area contributed by atoms with Crippen molar-refractivity contribution in [2.45, 2.75) is 10.9 Å². The van der Waals surface area contributed by atoms with Crippen molar-refractivity contribution in [1.82, 2.24) is 24.9 Å². The summed E-state index contributed by atoms with van der Waals surface area (Å²) in [6.45, 7) is 0. The van der Waals surface area contributed by atoms with Gasteiger partial charge in [0.2, 0.25) is 6.39 Å². The fourth-order valence-corrected chi connectivity index (χ4v) is 2.95. The Kier molecular flexibility index (Phi) is 3.11. The summed E-state index contributed by atoms with van der Waals surface area (Å²) in [6.07, 6.45) is 1.32.